The summed E-state index contributed by atoms with van der Waals surface area (Å²) in [4.78, 5) is 19.6. The average Bonchev–Trinajstić information content (AvgIpc) is 3.46. The Morgan fingerprint density at radius 2 is 2.06 bits per heavy atom. The van der Waals surface area contributed by atoms with E-state index < -0.39 is 36.2 Å². The van der Waals surface area contributed by atoms with E-state index in [4.69, 9.17) is 9.47 Å². The summed E-state index contributed by atoms with van der Waals surface area (Å²) in [6, 6.07) is 2.19. The Hall–Kier alpha value is -3.42. The second-order valence-corrected chi connectivity index (χ2v) is 8.56. The molecular weight excluding hydrogens is 474 g/mol. The lowest BCUT2D eigenvalue weighted by Crippen LogP contribution is -2.36. The molecule has 0 unspecified atom stereocenters. The van der Waals surface area contributed by atoms with Crippen molar-refractivity contribution in [1.29, 1.82) is 0 Å². The molecule has 3 N–H and O–H groups in total. The molecule has 10 nitrogen and oxygen atoms in total. The lowest BCUT2D eigenvalue weighted by atomic mass is 10.0. The van der Waals surface area contributed by atoms with Gasteiger partial charge in [-0.15, -0.1) is 0 Å². The zero-order chi connectivity index (χ0) is 25.3. The summed E-state index contributed by atoms with van der Waals surface area (Å²) in [6.07, 6.45) is -5.53. The first-order valence-electron chi connectivity index (χ1n) is 10.9. The Morgan fingerprint density at radius 3 is 2.74 bits per heavy atom. The van der Waals surface area contributed by atoms with Crippen LogP contribution in [0.4, 0.5) is 34.1 Å². The maximum Gasteiger partial charge on any atom is 0.433 e. The van der Waals surface area contributed by atoms with Gasteiger partial charge in [-0.3, -0.25) is 9.50 Å². The number of methoxy groups -OCH3 is 1. The number of fused-ring (bicyclic) bond motifs is 1. The van der Waals surface area contributed by atoms with Gasteiger partial charge in [0.1, 0.15) is 17.9 Å². The second kappa shape index (κ2) is 9.68. The maximum absolute atomic E-state index is 15.0. The number of imidazole rings is 1. The molecule has 14 heteroatoms. The Kier molecular flexibility index (Phi) is 6.83. The molecule has 3 atom stereocenters. The number of nitrogens with zero attached hydrogens (tertiary/aromatic N) is 4. The number of carbonyl (C=O) groups excluding carboxylic acids is 1. The van der Waals surface area contributed by atoms with E-state index in [0.29, 0.717) is 24.2 Å². The van der Waals surface area contributed by atoms with Crippen LogP contribution >= 0.6 is 0 Å². The third kappa shape index (κ3) is 5.47. The van der Waals surface area contributed by atoms with Gasteiger partial charge in [0.15, 0.2) is 11.5 Å². The molecule has 0 spiro atoms. The molecule has 0 aliphatic heterocycles. The number of carbonyl (C=O) groups is 1. The van der Waals surface area contributed by atoms with Crippen molar-refractivity contribution in [2.75, 3.05) is 12.4 Å². The van der Waals surface area contributed by atoms with E-state index >= 15 is 4.39 Å². The maximum atomic E-state index is 15.0. The van der Waals surface area contributed by atoms with Gasteiger partial charge in [-0.05, 0) is 26.7 Å². The number of alkyl carbamates (subject to hydrolysis) is 1. The number of hydrogen-bond acceptors (Lipinski definition) is 7. The number of ether oxygens (including phenoxy) is 2. The van der Waals surface area contributed by atoms with Crippen molar-refractivity contribution in [2.24, 2.45) is 0 Å². The topological polar surface area (TPSA) is 118 Å². The molecule has 0 saturated heterocycles. The van der Waals surface area contributed by atoms with Crippen molar-refractivity contribution in [3.63, 3.8) is 0 Å². The molecule has 1 aliphatic carbocycles. The minimum Gasteiger partial charge on any atom is -0.443 e. The number of halogens is 4. The highest BCUT2D eigenvalue weighted by atomic mass is 19.4. The lowest BCUT2D eigenvalue weighted by Gasteiger charge is -2.18. The third-order valence-electron chi connectivity index (χ3n) is 5.49. The summed E-state index contributed by atoms with van der Waals surface area (Å²) in [5, 5.41) is 12.1. The Balaban J connectivity index is 1.54. The van der Waals surface area contributed by atoms with Crippen molar-refractivity contribution < 1.29 is 31.8 Å². The summed E-state index contributed by atoms with van der Waals surface area (Å²) in [7, 11) is 1.45. The number of H-pyrrole nitrogens is 1. The van der Waals surface area contributed by atoms with E-state index in [-0.39, 0.29) is 30.1 Å². The minimum atomic E-state index is -4.69. The molecular formula is C21H25F4N7O3. The van der Waals surface area contributed by atoms with Crippen LogP contribution in [0.1, 0.15) is 49.7 Å². The lowest BCUT2D eigenvalue weighted by molar-refractivity contribution is -0.141. The van der Waals surface area contributed by atoms with Gasteiger partial charge in [0.25, 0.3) is 0 Å². The van der Waals surface area contributed by atoms with Crippen LogP contribution in [0, 0.1) is 0 Å². The zero-order valence-electron chi connectivity index (χ0n) is 19.2. The number of hydrogen-bond donors (Lipinski definition) is 3. The van der Waals surface area contributed by atoms with Crippen molar-refractivity contribution in [3.8, 4) is 0 Å². The van der Waals surface area contributed by atoms with Gasteiger partial charge in [0.2, 0.25) is 5.95 Å². The summed E-state index contributed by atoms with van der Waals surface area (Å²) < 4.78 is 66.7. The molecule has 3 heterocycles. The smallest absolute Gasteiger partial charge is 0.433 e. The number of aromatic nitrogens is 5. The van der Waals surface area contributed by atoms with Crippen LogP contribution < -0.4 is 10.6 Å². The van der Waals surface area contributed by atoms with Crippen molar-refractivity contribution in [3.05, 3.63) is 35.4 Å². The fourth-order valence-electron chi connectivity index (χ4n) is 3.97. The molecule has 3 aromatic heterocycles. The van der Waals surface area contributed by atoms with Crippen molar-refractivity contribution >= 4 is 23.5 Å². The molecule has 4 rings (SSSR count). The normalized spacial score (nSPS) is 20.5. The van der Waals surface area contributed by atoms with Crippen molar-refractivity contribution in [2.45, 2.75) is 63.7 Å². The fourth-order valence-corrected chi connectivity index (χ4v) is 3.97. The molecule has 3 aromatic rings. The molecule has 35 heavy (non-hydrogen) atoms. The molecule has 1 aliphatic rings. The van der Waals surface area contributed by atoms with E-state index in [9.17, 15) is 18.0 Å². The van der Waals surface area contributed by atoms with Gasteiger partial charge in [0, 0.05) is 43.1 Å². The second-order valence-electron chi connectivity index (χ2n) is 8.56. The van der Waals surface area contributed by atoms with E-state index in [1.54, 1.807) is 13.8 Å². The Labute approximate surface area is 197 Å². The predicted molar refractivity (Wildman–Crippen MR) is 116 cm³/mol. The highest BCUT2D eigenvalue weighted by Crippen LogP contribution is 2.39. The van der Waals surface area contributed by atoms with E-state index in [1.807, 2.05) is 0 Å². The largest absolute Gasteiger partial charge is 0.443 e. The van der Waals surface area contributed by atoms with Crippen LogP contribution in [0.3, 0.4) is 0 Å². The fraction of sp³-hybridized carbons (Fsp3) is 0.524. The first-order valence-corrected chi connectivity index (χ1v) is 10.9. The molecule has 190 valence electrons. The molecule has 0 aromatic carbocycles. The number of alkyl halides is 4. The zero-order valence-corrected chi connectivity index (χ0v) is 19.2. The van der Waals surface area contributed by atoms with Crippen molar-refractivity contribution in [1.82, 2.24) is 29.9 Å². The van der Waals surface area contributed by atoms with Crippen LogP contribution in [0.2, 0.25) is 0 Å². The standard InChI is InChI=1S/C21H25F4N7O3/c1-10(2)26-20(33)35-14-5-4-12(18(14)22)13-6-16(31-30-13)29-19-28-15(21(23,24)25)7-17-27-11(9-34-3)8-32(17)19/h6-8,10,12,14,18H,4-5,9H2,1-3H3,(H,26,33)(H2,28,29,30,31)/t12-,14-,18+/m1/s1. The number of anilines is 2. The highest BCUT2D eigenvalue weighted by Gasteiger charge is 2.41. The average molecular weight is 499 g/mol. The van der Waals surface area contributed by atoms with E-state index in [2.05, 4.69) is 30.8 Å². The molecule has 1 fully saturated rings. The van der Waals surface area contributed by atoms with Gasteiger partial charge in [0.05, 0.1) is 12.3 Å². The molecule has 0 bridgehead atoms. The SMILES string of the molecule is COCc1cn2c(Nc3cc([C@H]4CC[C@@H](OC(=O)NC(C)C)[C@H]4F)[nH]n3)nc(C(F)(F)F)cc2n1. The Bertz CT molecular complexity index is 1190. The summed E-state index contributed by atoms with van der Waals surface area (Å²) in [5.74, 6) is -0.646. The van der Waals surface area contributed by atoms with E-state index in [0.717, 1.165) is 6.07 Å². The molecule has 1 amide bonds. The van der Waals surface area contributed by atoms with Crippen LogP contribution in [0.5, 0.6) is 0 Å². The predicted octanol–water partition coefficient (Wildman–Crippen LogP) is 4.08. The quantitative estimate of drug-likeness (QED) is 0.419. The summed E-state index contributed by atoms with van der Waals surface area (Å²) >= 11 is 0. The third-order valence-corrected chi connectivity index (χ3v) is 5.49. The van der Waals surface area contributed by atoms with E-state index in [1.165, 1.54) is 23.8 Å². The van der Waals surface area contributed by atoms with Gasteiger partial charge < -0.3 is 20.1 Å². The monoisotopic (exact) mass is 499 g/mol. The van der Waals surface area contributed by atoms with Crippen LogP contribution in [0.25, 0.3) is 5.65 Å². The number of aromatic amines is 1. The van der Waals surface area contributed by atoms with Gasteiger partial charge in [-0.1, -0.05) is 0 Å². The first-order chi connectivity index (χ1) is 16.5. The first kappa shape index (κ1) is 24.7. The highest BCUT2D eigenvalue weighted by molar-refractivity contribution is 5.67. The van der Waals surface area contributed by atoms with Crippen LogP contribution in [0.15, 0.2) is 18.3 Å². The van der Waals surface area contributed by atoms with Crippen LogP contribution in [-0.4, -0.2) is 56.1 Å². The van der Waals surface area contributed by atoms with Gasteiger partial charge >= 0.3 is 12.3 Å². The van der Waals surface area contributed by atoms with Gasteiger partial charge in [-0.25, -0.2) is 19.2 Å². The number of nitrogens with one attached hydrogen (secondary N) is 3. The number of rotatable bonds is 7. The molecule has 0 radical (unpaired) electrons. The minimum absolute atomic E-state index is 0.0249. The summed E-state index contributed by atoms with van der Waals surface area (Å²) in [6.45, 7) is 3.63. The number of amides is 1. The molecule has 1 saturated carbocycles. The van der Waals surface area contributed by atoms with Crippen LogP contribution in [-0.2, 0) is 22.3 Å². The van der Waals surface area contributed by atoms with Gasteiger partial charge in [-0.2, -0.15) is 18.3 Å². The Morgan fingerprint density at radius 1 is 1.29 bits per heavy atom. The summed E-state index contributed by atoms with van der Waals surface area (Å²) in [5.41, 5.74) is -0.267.